The van der Waals surface area contributed by atoms with Crippen LogP contribution in [-0.2, 0) is 4.84 Å². The van der Waals surface area contributed by atoms with Crippen molar-refractivity contribution in [1.29, 1.82) is 5.26 Å². The zero-order valence-corrected chi connectivity index (χ0v) is 7.80. The molecule has 0 bridgehead atoms. The third-order valence-corrected chi connectivity index (χ3v) is 1.52. The first-order valence-corrected chi connectivity index (χ1v) is 4.03. The summed E-state index contributed by atoms with van der Waals surface area (Å²) in [6.45, 7) is -0.0351. The van der Waals surface area contributed by atoms with Crippen LogP contribution in [0.25, 0.3) is 0 Å². The predicted molar refractivity (Wildman–Crippen MR) is 52.2 cm³/mol. The third-order valence-electron chi connectivity index (χ3n) is 1.52. The summed E-state index contributed by atoms with van der Waals surface area (Å²) in [6, 6.07) is 9.16. The van der Waals surface area contributed by atoms with Gasteiger partial charge in [-0.05, 0) is 29.8 Å². The third kappa shape index (κ3) is 3.15. The highest BCUT2D eigenvalue weighted by Gasteiger charge is 1.90. The second-order valence-electron chi connectivity index (χ2n) is 2.44. The van der Waals surface area contributed by atoms with E-state index in [0.29, 0.717) is 0 Å². The molecule has 1 rings (SSSR count). The second kappa shape index (κ2) is 5.60. The first-order chi connectivity index (χ1) is 6.86. The van der Waals surface area contributed by atoms with Crippen molar-refractivity contribution in [3.05, 3.63) is 29.8 Å². The molecule has 0 fully saturated rings. The molecule has 4 nitrogen and oxygen atoms in total. The van der Waals surface area contributed by atoms with Crippen molar-refractivity contribution in [1.82, 2.24) is 0 Å². The van der Waals surface area contributed by atoms with Crippen LogP contribution >= 0.6 is 0 Å². The minimum atomic E-state index is -0.0351. The van der Waals surface area contributed by atoms with Gasteiger partial charge in [-0.2, -0.15) is 5.26 Å². The van der Waals surface area contributed by atoms with Gasteiger partial charge < -0.3 is 9.57 Å². The van der Waals surface area contributed by atoms with Crippen LogP contribution in [0.15, 0.2) is 29.4 Å². The fraction of sp³-hybridized carbons (Fsp3) is 0.200. The highest BCUT2D eigenvalue weighted by atomic mass is 16.6. The molecule has 0 amide bonds. The smallest absolute Gasteiger partial charge is 0.202 e. The van der Waals surface area contributed by atoms with Gasteiger partial charge in [0, 0.05) is 0 Å². The number of benzene rings is 1. The summed E-state index contributed by atoms with van der Waals surface area (Å²) in [5.74, 6) is 0.792. The Bertz CT molecular complexity index is 338. The van der Waals surface area contributed by atoms with Gasteiger partial charge in [0.15, 0.2) is 0 Å². The standard InChI is InChI=1S/C10H10N2O2/c1-13-10-4-2-9(3-5-10)8-12-14-7-6-11/h2-5,8H,7H2,1H3/b12-8+. The van der Waals surface area contributed by atoms with Crippen LogP contribution in [0.2, 0.25) is 0 Å². The van der Waals surface area contributed by atoms with E-state index < -0.39 is 0 Å². The van der Waals surface area contributed by atoms with Crippen molar-refractivity contribution in [2.45, 2.75) is 0 Å². The summed E-state index contributed by atoms with van der Waals surface area (Å²) < 4.78 is 4.99. The number of oxime groups is 1. The monoisotopic (exact) mass is 190 g/mol. The maximum Gasteiger partial charge on any atom is 0.202 e. The van der Waals surface area contributed by atoms with Gasteiger partial charge in [-0.1, -0.05) is 5.16 Å². The fourth-order valence-electron chi connectivity index (χ4n) is 0.854. The van der Waals surface area contributed by atoms with E-state index >= 15 is 0 Å². The molecule has 0 aliphatic heterocycles. The van der Waals surface area contributed by atoms with Crippen LogP contribution in [0, 0.1) is 11.3 Å². The van der Waals surface area contributed by atoms with E-state index in [0.717, 1.165) is 11.3 Å². The summed E-state index contributed by atoms with van der Waals surface area (Å²) in [5, 5.41) is 11.8. The Morgan fingerprint density at radius 1 is 1.43 bits per heavy atom. The topological polar surface area (TPSA) is 54.6 Å². The molecule has 0 saturated heterocycles. The normalized spacial score (nSPS) is 9.71. The molecule has 0 heterocycles. The van der Waals surface area contributed by atoms with Crippen LogP contribution < -0.4 is 4.74 Å². The second-order valence-corrected chi connectivity index (χ2v) is 2.44. The first kappa shape index (κ1) is 10.1. The molecule has 0 spiro atoms. The van der Waals surface area contributed by atoms with Gasteiger partial charge in [0.05, 0.1) is 13.3 Å². The van der Waals surface area contributed by atoms with Crippen LogP contribution in [0.1, 0.15) is 5.56 Å². The Kier molecular flexibility index (Phi) is 4.02. The van der Waals surface area contributed by atoms with Gasteiger partial charge in [-0.15, -0.1) is 0 Å². The molecule has 0 unspecified atom stereocenters. The Labute approximate surface area is 82.4 Å². The van der Waals surface area contributed by atoms with Crippen LogP contribution in [0.3, 0.4) is 0 Å². The lowest BCUT2D eigenvalue weighted by atomic mass is 10.2. The van der Waals surface area contributed by atoms with Gasteiger partial charge in [0.1, 0.15) is 11.8 Å². The Morgan fingerprint density at radius 2 is 2.14 bits per heavy atom. The van der Waals surface area contributed by atoms with E-state index in [9.17, 15) is 0 Å². The van der Waals surface area contributed by atoms with E-state index in [1.54, 1.807) is 7.11 Å². The molecular formula is C10H10N2O2. The van der Waals surface area contributed by atoms with Crippen molar-refractivity contribution in [3.8, 4) is 11.8 Å². The molecular weight excluding hydrogens is 180 g/mol. The zero-order chi connectivity index (χ0) is 10.2. The van der Waals surface area contributed by atoms with Crippen molar-refractivity contribution < 1.29 is 9.57 Å². The molecule has 0 aliphatic rings. The molecule has 1 aromatic rings. The number of ether oxygens (including phenoxy) is 1. The van der Waals surface area contributed by atoms with Gasteiger partial charge in [-0.3, -0.25) is 0 Å². The number of nitriles is 1. The Morgan fingerprint density at radius 3 is 2.71 bits per heavy atom. The molecule has 0 aliphatic carbocycles. The molecule has 0 atom stereocenters. The van der Waals surface area contributed by atoms with Crippen molar-refractivity contribution >= 4 is 6.21 Å². The van der Waals surface area contributed by atoms with Gasteiger partial charge >= 0.3 is 0 Å². The average Bonchev–Trinajstić information content (AvgIpc) is 2.25. The first-order valence-electron chi connectivity index (χ1n) is 4.03. The molecule has 1 aromatic carbocycles. The van der Waals surface area contributed by atoms with Crippen LogP contribution in [0.5, 0.6) is 5.75 Å². The fourth-order valence-corrected chi connectivity index (χ4v) is 0.854. The van der Waals surface area contributed by atoms with E-state index in [1.807, 2.05) is 30.3 Å². The minimum absolute atomic E-state index is 0.0351. The summed E-state index contributed by atoms with van der Waals surface area (Å²) in [5.41, 5.74) is 0.892. The molecule has 4 heteroatoms. The largest absolute Gasteiger partial charge is 0.497 e. The Balaban J connectivity index is 2.52. The van der Waals surface area contributed by atoms with E-state index in [1.165, 1.54) is 6.21 Å². The zero-order valence-electron chi connectivity index (χ0n) is 7.80. The maximum atomic E-state index is 8.17. The molecule has 14 heavy (non-hydrogen) atoms. The summed E-state index contributed by atoms with van der Waals surface area (Å²) >= 11 is 0. The van der Waals surface area contributed by atoms with Gasteiger partial charge in [0.2, 0.25) is 6.61 Å². The molecule has 0 N–H and O–H groups in total. The maximum absolute atomic E-state index is 8.17. The number of methoxy groups -OCH3 is 1. The van der Waals surface area contributed by atoms with E-state index in [-0.39, 0.29) is 6.61 Å². The van der Waals surface area contributed by atoms with Gasteiger partial charge in [-0.25, -0.2) is 0 Å². The molecule has 0 saturated carbocycles. The predicted octanol–water partition coefficient (Wildman–Crippen LogP) is 1.57. The number of hydrogen-bond donors (Lipinski definition) is 0. The van der Waals surface area contributed by atoms with Gasteiger partial charge in [0.25, 0.3) is 0 Å². The van der Waals surface area contributed by atoms with Crippen molar-refractivity contribution in [2.75, 3.05) is 13.7 Å². The summed E-state index contributed by atoms with van der Waals surface area (Å²) in [6.07, 6.45) is 1.54. The lowest BCUT2D eigenvalue weighted by Crippen LogP contribution is -1.86. The minimum Gasteiger partial charge on any atom is -0.497 e. The van der Waals surface area contributed by atoms with E-state index in [2.05, 4.69) is 9.99 Å². The molecule has 0 radical (unpaired) electrons. The van der Waals surface area contributed by atoms with Crippen molar-refractivity contribution in [2.24, 2.45) is 5.16 Å². The molecule has 0 aromatic heterocycles. The lowest BCUT2D eigenvalue weighted by molar-refractivity contribution is 0.180. The number of hydrogen-bond acceptors (Lipinski definition) is 4. The SMILES string of the molecule is COc1ccc(/C=N/OCC#N)cc1. The molecule has 72 valence electrons. The average molecular weight is 190 g/mol. The highest BCUT2D eigenvalue weighted by Crippen LogP contribution is 2.09. The lowest BCUT2D eigenvalue weighted by Gasteiger charge is -1.98. The number of nitrogens with zero attached hydrogens (tertiary/aromatic N) is 2. The summed E-state index contributed by atoms with van der Waals surface area (Å²) in [7, 11) is 1.61. The van der Waals surface area contributed by atoms with Crippen LogP contribution in [-0.4, -0.2) is 19.9 Å². The Hall–Kier alpha value is -2.02. The highest BCUT2D eigenvalue weighted by molar-refractivity contribution is 5.79. The van der Waals surface area contributed by atoms with Crippen LogP contribution in [0.4, 0.5) is 0 Å². The quantitative estimate of drug-likeness (QED) is 0.411. The van der Waals surface area contributed by atoms with E-state index in [4.69, 9.17) is 10.00 Å². The van der Waals surface area contributed by atoms with Crippen molar-refractivity contribution in [3.63, 3.8) is 0 Å². The number of rotatable bonds is 4. The summed E-state index contributed by atoms with van der Waals surface area (Å²) in [4.78, 5) is 4.62.